The first-order valence-electron chi connectivity index (χ1n) is 7.56. The molecule has 6 heteroatoms. The molecule has 1 amide bonds. The van der Waals surface area contributed by atoms with E-state index in [0.29, 0.717) is 22.1 Å². The van der Waals surface area contributed by atoms with E-state index in [4.69, 9.17) is 12.2 Å². The van der Waals surface area contributed by atoms with Gasteiger partial charge in [-0.1, -0.05) is 68.5 Å². The number of benzene rings is 1. The number of rotatable bonds is 6. The van der Waals surface area contributed by atoms with E-state index in [9.17, 15) is 14.7 Å². The van der Waals surface area contributed by atoms with Crippen molar-refractivity contribution in [2.24, 2.45) is 0 Å². The van der Waals surface area contributed by atoms with E-state index >= 15 is 0 Å². The zero-order valence-electron chi connectivity index (χ0n) is 13.1. The Labute approximate surface area is 145 Å². The van der Waals surface area contributed by atoms with E-state index in [0.717, 1.165) is 23.7 Å². The summed E-state index contributed by atoms with van der Waals surface area (Å²) < 4.78 is 0.312. The van der Waals surface area contributed by atoms with Crippen LogP contribution in [0.25, 0.3) is 6.08 Å². The summed E-state index contributed by atoms with van der Waals surface area (Å²) in [6, 6.07) is 7.05. The molecule has 1 atom stereocenters. The maximum atomic E-state index is 12.6. The maximum absolute atomic E-state index is 12.6. The van der Waals surface area contributed by atoms with Crippen molar-refractivity contribution in [1.82, 2.24) is 4.90 Å². The molecule has 2 rings (SSSR count). The van der Waals surface area contributed by atoms with Crippen LogP contribution in [0.4, 0.5) is 0 Å². The standard InChI is InChI=1S/C17H19NO3S2/c1-3-5-13(16(20)21)18-15(19)14(23-17(18)22)10-12-8-6-11(4-2)7-9-12/h6-10,13H,3-5H2,1-2H3,(H,20,21)/b14-10-. The average Bonchev–Trinajstić information content (AvgIpc) is 2.80. The molecule has 1 N–H and O–H groups in total. The summed E-state index contributed by atoms with van der Waals surface area (Å²) in [5.74, 6) is -1.34. The number of amides is 1. The molecule has 0 bridgehead atoms. The lowest BCUT2D eigenvalue weighted by Crippen LogP contribution is -2.43. The van der Waals surface area contributed by atoms with Crippen LogP contribution < -0.4 is 0 Å². The van der Waals surface area contributed by atoms with Gasteiger partial charge in [0.1, 0.15) is 10.4 Å². The van der Waals surface area contributed by atoms with Gasteiger partial charge in [0.2, 0.25) is 0 Å². The van der Waals surface area contributed by atoms with Crippen molar-refractivity contribution in [2.45, 2.75) is 39.2 Å². The zero-order valence-corrected chi connectivity index (χ0v) is 14.7. The molecule has 1 aliphatic heterocycles. The van der Waals surface area contributed by atoms with Crippen molar-refractivity contribution in [2.75, 3.05) is 0 Å². The van der Waals surface area contributed by atoms with Gasteiger partial charge in [0.25, 0.3) is 5.91 Å². The van der Waals surface area contributed by atoms with Crippen LogP contribution in [-0.2, 0) is 16.0 Å². The van der Waals surface area contributed by atoms with E-state index in [-0.39, 0.29) is 5.91 Å². The van der Waals surface area contributed by atoms with Crippen molar-refractivity contribution in [3.05, 3.63) is 40.3 Å². The normalized spacial score (nSPS) is 17.8. The Morgan fingerprint density at radius 2 is 2.00 bits per heavy atom. The lowest BCUT2D eigenvalue weighted by molar-refractivity contribution is -0.145. The summed E-state index contributed by atoms with van der Waals surface area (Å²) in [5, 5.41) is 9.35. The van der Waals surface area contributed by atoms with Crippen molar-refractivity contribution in [1.29, 1.82) is 0 Å². The highest BCUT2D eigenvalue weighted by Crippen LogP contribution is 2.34. The van der Waals surface area contributed by atoms with E-state index < -0.39 is 12.0 Å². The first-order valence-corrected chi connectivity index (χ1v) is 8.79. The van der Waals surface area contributed by atoms with E-state index in [2.05, 4.69) is 6.92 Å². The van der Waals surface area contributed by atoms with E-state index in [1.807, 2.05) is 31.2 Å². The molecule has 0 saturated carbocycles. The van der Waals surface area contributed by atoms with Crippen molar-refractivity contribution in [3.8, 4) is 0 Å². The number of nitrogens with zero attached hydrogens (tertiary/aromatic N) is 1. The van der Waals surface area contributed by atoms with Crippen LogP contribution in [0.1, 0.15) is 37.8 Å². The largest absolute Gasteiger partial charge is 0.480 e. The molecule has 1 aromatic rings. The predicted molar refractivity (Wildman–Crippen MR) is 97.2 cm³/mol. The Kier molecular flexibility index (Phi) is 5.96. The fraction of sp³-hybridized carbons (Fsp3) is 0.353. The molecule has 1 aromatic carbocycles. The van der Waals surface area contributed by atoms with Crippen LogP contribution in [0.3, 0.4) is 0 Å². The van der Waals surface area contributed by atoms with Gasteiger partial charge in [-0.3, -0.25) is 9.69 Å². The van der Waals surface area contributed by atoms with E-state index in [1.54, 1.807) is 6.08 Å². The topological polar surface area (TPSA) is 57.6 Å². The van der Waals surface area contributed by atoms with Crippen LogP contribution in [0.5, 0.6) is 0 Å². The number of carbonyl (C=O) groups excluding carboxylic acids is 1. The summed E-state index contributed by atoms with van der Waals surface area (Å²) in [5.41, 5.74) is 2.13. The summed E-state index contributed by atoms with van der Waals surface area (Å²) in [4.78, 5) is 25.7. The van der Waals surface area contributed by atoms with Gasteiger partial charge >= 0.3 is 5.97 Å². The summed E-state index contributed by atoms with van der Waals surface area (Å²) in [7, 11) is 0. The SMILES string of the molecule is CCCC(C(=O)O)N1C(=O)/C(=C/c2ccc(CC)cc2)SC1=S. The Hall–Kier alpha value is -1.66. The van der Waals surface area contributed by atoms with Gasteiger partial charge in [-0.2, -0.15) is 0 Å². The Morgan fingerprint density at radius 1 is 1.35 bits per heavy atom. The van der Waals surface area contributed by atoms with Crippen LogP contribution in [0, 0.1) is 0 Å². The first-order chi connectivity index (χ1) is 11.0. The number of aryl methyl sites for hydroxylation is 1. The highest BCUT2D eigenvalue weighted by atomic mass is 32.2. The minimum atomic E-state index is -1.02. The highest BCUT2D eigenvalue weighted by molar-refractivity contribution is 8.26. The number of thiocarbonyl (C=S) groups is 1. The summed E-state index contributed by atoms with van der Waals surface area (Å²) in [6.45, 7) is 3.97. The number of carbonyl (C=O) groups is 2. The number of hydrogen-bond acceptors (Lipinski definition) is 4. The molecular formula is C17H19NO3S2. The van der Waals surface area contributed by atoms with Crippen LogP contribution >= 0.6 is 24.0 Å². The molecule has 1 fully saturated rings. The van der Waals surface area contributed by atoms with Gasteiger partial charge in [-0.15, -0.1) is 0 Å². The molecule has 0 radical (unpaired) electrons. The number of carboxylic acid groups (broad SMARTS) is 1. The van der Waals surface area contributed by atoms with Crippen molar-refractivity contribution >= 4 is 46.3 Å². The van der Waals surface area contributed by atoms with Gasteiger partial charge in [0.15, 0.2) is 0 Å². The van der Waals surface area contributed by atoms with Gasteiger partial charge in [0.05, 0.1) is 4.91 Å². The third-order valence-corrected chi connectivity index (χ3v) is 5.00. The minimum Gasteiger partial charge on any atom is -0.480 e. The molecule has 1 aliphatic rings. The monoisotopic (exact) mass is 349 g/mol. The molecule has 4 nitrogen and oxygen atoms in total. The number of thioether (sulfide) groups is 1. The van der Waals surface area contributed by atoms with Crippen molar-refractivity contribution < 1.29 is 14.7 Å². The fourth-order valence-corrected chi connectivity index (χ4v) is 3.74. The third kappa shape index (κ3) is 4.00. The Balaban J connectivity index is 2.25. The molecule has 1 unspecified atom stereocenters. The molecule has 0 aliphatic carbocycles. The summed E-state index contributed by atoms with van der Waals surface area (Å²) >= 11 is 6.39. The fourth-order valence-electron chi connectivity index (χ4n) is 2.39. The quantitative estimate of drug-likeness (QED) is 0.627. The minimum absolute atomic E-state index is 0.312. The Morgan fingerprint density at radius 3 is 2.52 bits per heavy atom. The molecule has 23 heavy (non-hydrogen) atoms. The maximum Gasteiger partial charge on any atom is 0.326 e. The van der Waals surface area contributed by atoms with Crippen LogP contribution in [0.2, 0.25) is 0 Å². The van der Waals surface area contributed by atoms with Crippen LogP contribution in [-0.4, -0.2) is 32.2 Å². The molecule has 1 heterocycles. The average molecular weight is 349 g/mol. The second kappa shape index (κ2) is 7.75. The lowest BCUT2D eigenvalue weighted by Gasteiger charge is -2.22. The number of carboxylic acids is 1. The van der Waals surface area contributed by atoms with E-state index in [1.165, 1.54) is 10.5 Å². The zero-order chi connectivity index (χ0) is 17.0. The third-order valence-electron chi connectivity index (χ3n) is 3.67. The van der Waals surface area contributed by atoms with Crippen molar-refractivity contribution in [3.63, 3.8) is 0 Å². The lowest BCUT2D eigenvalue weighted by atomic mass is 10.1. The predicted octanol–water partition coefficient (Wildman–Crippen LogP) is 3.70. The van der Waals surface area contributed by atoms with Gasteiger partial charge in [-0.05, 0) is 30.0 Å². The smallest absolute Gasteiger partial charge is 0.326 e. The second-order valence-electron chi connectivity index (χ2n) is 5.29. The molecule has 122 valence electrons. The van der Waals surface area contributed by atoms with Gasteiger partial charge in [-0.25, -0.2) is 4.79 Å². The highest BCUT2D eigenvalue weighted by Gasteiger charge is 2.39. The Bertz CT molecular complexity index is 652. The number of aliphatic carboxylic acids is 1. The number of hydrogen-bond donors (Lipinski definition) is 1. The molecule has 0 aromatic heterocycles. The molecule has 0 spiro atoms. The van der Waals surface area contributed by atoms with Crippen LogP contribution in [0.15, 0.2) is 29.2 Å². The summed E-state index contributed by atoms with van der Waals surface area (Å²) in [6.07, 6.45) is 3.79. The first kappa shape index (κ1) is 17.7. The molecule has 1 saturated heterocycles. The molecular weight excluding hydrogens is 330 g/mol. The van der Waals surface area contributed by atoms with Gasteiger partial charge < -0.3 is 5.11 Å². The van der Waals surface area contributed by atoms with Gasteiger partial charge in [0, 0.05) is 0 Å². The second-order valence-corrected chi connectivity index (χ2v) is 6.97.